The molecule has 1 heterocycles. The number of phenolic OH excluding ortho intramolecular Hbond substituents is 1. The van der Waals surface area contributed by atoms with Crippen LogP contribution in [0.5, 0.6) is 17.2 Å². The maximum absolute atomic E-state index is 12.7. The first-order valence-corrected chi connectivity index (χ1v) is 6.70. The van der Waals surface area contributed by atoms with Crippen molar-refractivity contribution < 1.29 is 14.6 Å². The van der Waals surface area contributed by atoms with Crippen molar-refractivity contribution >= 4 is 10.9 Å². The normalized spacial score (nSPS) is 10.9. The van der Waals surface area contributed by atoms with E-state index in [1.807, 2.05) is 13.8 Å². The van der Waals surface area contributed by atoms with Gasteiger partial charge in [0.05, 0.1) is 12.6 Å². The Bertz CT molecular complexity index is 731. The zero-order valence-electron chi connectivity index (χ0n) is 12.4. The Balaban J connectivity index is 2.90. The molecule has 5 nitrogen and oxygen atoms in total. The number of nitrogens with zero attached hydrogens (tertiary/aromatic N) is 1. The molecule has 2 aromatic rings. The maximum Gasteiger partial charge on any atom is 0.297 e. The van der Waals surface area contributed by atoms with Crippen LogP contribution in [-0.4, -0.2) is 23.4 Å². The van der Waals surface area contributed by atoms with Crippen LogP contribution in [0.1, 0.15) is 19.9 Å². The molecule has 0 aliphatic rings. The molecule has 21 heavy (non-hydrogen) atoms. The predicted octanol–water partition coefficient (Wildman–Crippen LogP) is 2.86. The van der Waals surface area contributed by atoms with Gasteiger partial charge in [0, 0.05) is 17.5 Å². The second-order valence-electron chi connectivity index (χ2n) is 4.93. The number of hydrogen-bond donors (Lipinski definition) is 1. The minimum atomic E-state index is -0.290. The van der Waals surface area contributed by atoms with E-state index in [1.54, 1.807) is 28.8 Å². The molecule has 0 saturated carbocycles. The minimum absolute atomic E-state index is 0.0845. The monoisotopic (exact) mass is 289 g/mol. The van der Waals surface area contributed by atoms with Crippen molar-refractivity contribution in [3.8, 4) is 17.2 Å². The Morgan fingerprint density at radius 2 is 2.10 bits per heavy atom. The highest BCUT2D eigenvalue weighted by atomic mass is 16.5. The molecular formula is C16H19NO4. The van der Waals surface area contributed by atoms with E-state index in [0.29, 0.717) is 16.7 Å². The topological polar surface area (TPSA) is 60.7 Å². The van der Waals surface area contributed by atoms with Crippen LogP contribution in [0, 0.1) is 0 Å². The van der Waals surface area contributed by atoms with E-state index in [-0.39, 0.29) is 29.7 Å². The summed E-state index contributed by atoms with van der Waals surface area (Å²) in [5, 5.41) is 10.4. The maximum atomic E-state index is 12.7. The Kier molecular flexibility index (Phi) is 4.21. The van der Waals surface area contributed by atoms with Crippen LogP contribution in [0.15, 0.2) is 35.6 Å². The van der Waals surface area contributed by atoms with E-state index in [9.17, 15) is 9.90 Å². The molecule has 0 amide bonds. The summed E-state index contributed by atoms with van der Waals surface area (Å²) in [6, 6.07) is 4.73. The lowest BCUT2D eigenvalue weighted by Crippen LogP contribution is -2.25. The Labute approximate surface area is 123 Å². The van der Waals surface area contributed by atoms with Gasteiger partial charge in [-0.1, -0.05) is 12.7 Å². The lowest BCUT2D eigenvalue weighted by molar-refractivity contribution is 0.320. The molecule has 0 radical (unpaired) electrons. The average Bonchev–Trinajstić information content (AvgIpc) is 2.44. The summed E-state index contributed by atoms with van der Waals surface area (Å²) in [5.41, 5.74) is 0.319. The zero-order chi connectivity index (χ0) is 15.6. The standard InChI is InChI=1S/C16H19NO4/c1-5-8-21-15-14(20-4)12-7-6-11(18)9-13(12)17(10(2)3)16(15)19/h5-7,9-10,18H,1,8H2,2-4H3. The van der Waals surface area contributed by atoms with Crippen molar-refractivity contribution in [3.63, 3.8) is 0 Å². The van der Waals surface area contributed by atoms with Crippen molar-refractivity contribution in [1.29, 1.82) is 0 Å². The van der Waals surface area contributed by atoms with Gasteiger partial charge < -0.3 is 19.1 Å². The van der Waals surface area contributed by atoms with Crippen LogP contribution in [0.2, 0.25) is 0 Å². The number of hydrogen-bond acceptors (Lipinski definition) is 4. The molecule has 1 N–H and O–H groups in total. The summed E-state index contributed by atoms with van der Waals surface area (Å²) in [6.45, 7) is 7.60. The number of fused-ring (bicyclic) bond motifs is 1. The Morgan fingerprint density at radius 1 is 1.38 bits per heavy atom. The third-order valence-corrected chi connectivity index (χ3v) is 3.17. The first-order valence-electron chi connectivity index (χ1n) is 6.70. The molecule has 0 aliphatic heterocycles. The number of aromatic nitrogens is 1. The molecule has 1 aromatic heterocycles. The van der Waals surface area contributed by atoms with Crippen molar-refractivity contribution in [1.82, 2.24) is 4.57 Å². The molecule has 1 aromatic carbocycles. The summed E-state index contributed by atoms with van der Waals surface area (Å²) in [7, 11) is 1.49. The van der Waals surface area contributed by atoms with E-state index in [2.05, 4.69) is 6.58 Å². The van der Waals surface area contributed by atoms with Crippen molar-refractivity contribution in [2.24, 2.45) is 0 Å². The second-order valence-corrected chi connectivity index (χ2v) is 4.93. The van der Waals surface area contributed by atoms with E-state index < -0.39 is 0 Å². The summed E-state index contributed by atoms with van der Waals surface area (Å²) >= 11 is 0. The van der Waals surface area contributed by atoms with Gasteiger partial charge in [-0.15, -0.1) is 0 Å². The molecule has 0 bridgehead atoms. The number of pyridine rings is 1. The lowest BCUT2D eigenvalue weighted by Gasteiger charge is -2.19. The molecule has 112 valence electrons. The number of aromatic hydroxyl groups is 1. The van der Waals surface area contributed by atoms with Crippen LogP contribution >= 0.6 is 0 Å². The molecule has 2 rings (SSSR count). The fourth-order valence-electron chi connectivity index (χ4n) is 2.33. The fraction of sp³-hybridized carbons (Fsp3) is 0.312. The zero-order valence-corrected chi connectivity index (χ0v) is 12.4. The van der Waals surface area contributed by atoms with E-state index in [0.717, 1.165) is 0 Å². The molecule has 0 aliphatic carbocycles. The van der Waals surface area contributed by atoms with Crippen LogP contribution in [-0.2, 0) is 0 Å². The van der Waals surface area contributed by atoms with E-state index >= 15 is 0 Å². The van der Waals surface area contributed by atoms with Crippen LogP contribution < -0.4 is 15.0 Å². The summed E-state index contributed by atoms with van der Waals surface area (Å²) in [4.78, 5) is 12.7. The van der Waals surface area contributed by atoms with Crippen LogP contribution in [0.25, 0.3) is 10.9 Å². The quantitative estimate of drug-likeness (QED) is 0.860. The molecule has 0 fully saturated rings. The highest BCUT2D eigenvalue weighted by Gasteiger charge is 2.20. The van der Waals surface area contributed by atoms with Crippen molar-refractivity contribution in [2.45, 2.75) is 19.9 Å². The number of rotatable bonds is 5. The smallest absolute Gasteiger partial charge is 0.297 e. The minimum Gasteiger partial charge on any atom is -0.508 e. The number of phenols is 1. The second kappa shape index (κ2) is 5.91. The number of benzene rings is 1. The molecule has 5 heteroatoms. The van der Waals surface area contributed by atoms with Gasteiger partial charge in [-0.25, -0.2) is 0 Å². The van der Waals surface area contributed by atoms with Gasteiger partial charge in [0.25, 0.3) is 5.56 Å². The van der Waals surface area contributed by atoms with Gasteiger partial charge in [-0.3, -0.25) is 4.79 Å². The SMILES string of the molecule is C=CCOc1c(OC)c2ccc(O)cc2n(C(C)C)c1=O. The highest BCUT2D eigenvalue weighted by molar-refractivity contribution is 5.89. The van der Waals surface area contributed by atoms with Crippen molar-refractivity contribution in [2.75, 3.05) is 13.7 Å². The third kappa shape index (κ3) is 2.59. The Hall–Kier alpha value is -2.43. The first kappa shape index (κ1) is 15.0. The third-order valence-electron chi connectivity index (χ3n) is 3.17. The van der Waals surface area contributed by atoms with E-state index in [1.165, 1.54) is 7.11 Å². The molecule has 0 saturated heterocycles. The molecular weight excluding hydrogens is 270 g/mol. The van der Waals surface area contributed by atoms with Crippen LogP contribution in [0.3, 0.4) is 0 Å². The number of ether oxygens (including phenoxy) is 2. The molecule has 0 spiro atoms. The van der Waals surface area contributed by atoms with Crippen molar-refractivity contribution in [3.05, 3.63) is 41.2 Å². The van der Waals surface area contributed by atoms with Gasteiger partial charge in [0.1, 0.15) is 12.4 Å². The highest BCUT2D eigenvalue weighted by Crippen LogP contribution is 2.35. The largest absolute Gasteiger partial charge is 0.508 e. The van der Waals surface area contributed by atoms with Gasteiger partial charge in [0.2, 0.25) is 5.75 Å². The number of methoxy groups -OCH3 is 1. The summed E-state index contributed by atoms with van der Waals surface area (Å²) in [6.07, 6.45) is 1.57. The van der Waals surface area contributed by atoms with Gasteiger partial charge >= 0.3 is 0 Å². The summed E-state index contributed by atoms with van der Waals surface area (Å²) in [5.74, 6) is 0.621. The lowest BCUT2D eigenvalue weighted by atomic mass is 10.1. The Morgan fingerprint density at radius 3 is 2.67 bits per heavy atom. The van der Waals surface area contributed by atoms with E-state index in [4.69, 9.17) is 9.47 Å². The fourth-order valence-corrected chi connectivity index (χ4v) is 2.33. The first-order chi connectivity index (χ1) is 10.0. The van der Waals surface area contributed by atoms with Gasteiger partial charge in [0.15, 0.2) is 5.75 Å². The summed E-state index contributed by atoms with van der Waals surface area (Å²) < 4.78 is 12.4. The predicted molar refractivity (Wildman–Crippen MR) is 82.5 cm³/mol. The molecule has 0 unspecified atom stereocenters. The molecule has 0 atom stereocenters. The van der Waals surface area contributed by atoms with Crippen LogP contribution in [0.4, 0.5) is 0 Å². The van der Waals surface area contributed by atoms with Gasteiger partial charge in [-0.2, -0.15) is 0 Å². The van der Waals surface area contributed by atoms with Gasteiger partial charge in [-0.05, 0) is 26.0 Å². The average molecular weight is 289 g/mol.